The van der Waals surface area contributed by atoms with Crippen molar-refractivity contribution in [3.8, 4) is 0 Å². The van der Waals surface area contributed by atoms with E-state index in [-0.39, 0.29) is 12.4 Å². The van der Waals surface area contributed by atoms with Crippen LogP contribution in [-0.4, -0.2) is 29.1 Å². The van der Waals surface area contributed by atoms with Crippen LogP contribution in [0.4, 0.5) is 0 Å². The molecule has 86 valence electrons. The molecule has 0 aromatic heterocycles. The van der Waals surface area contributed by atoms with E-state index in [0.717, 1.165) is 12.8 Å². The molecule has 0 bridgehead atoms. The summed E-state index contributed by atoms with van der Waals surface area (Å²) in [7, 11) is 0. The molecule has 1 aliphatic carbocycles. The smallest absolute Gasteiger partial charge is 0.338 e. The van der Waals surface area contributed by atoms with Crippen molar-refractivity contribution in [3.63, 3.8) is 0 Å². The highest BCUT2D eigenvalue weighted by molar-refractivity contribution is 5.91. The zero-order valence-corrected chi connectivity index (χ0v) is 9.28. The Kier molecular flexibility index (Phi) is 3.85. The van der Waals surface area contributed by atoms with Gasteiger partial charge in [-0.15, -0.1) is 0 Å². The average Bonchev–Trinajstić information content (AvgIpc) is 2.18. The van der Waals surface area contributed by atoms with E-state index in [9.17, 15) is 14.7 Å². The molecule has 0 unspecified atom stereocenters. The number of esters is 1. The van der Waals surface area contributed by atoms with E-state index in [1.165, 1.54) is 6.92 Å². The third-order valence-corrected chi connectivity index (χ3v) is 2.92. The molecule has 0 aliphatic heterocycles. The van der Waals surface area contributed by atoms with Crippen molar-refractivity contribution in [1.82, 2.24) is 0 Å². The van der Waals surface area contributed by atoms with Gasteiger partial charge in [0, 0.05) is 6.42 Å². The van der Waals surface area contributed by atoms with Crippen molar-refractivity contribution in [2.75, 3.05) is 6.61 Å². The highest BCUT2D eigenvalue weighted by atomic mass is 16.5. The van der Waals surface area contributed by atoms with Crippen LogP contribution in [0.25, 0.3) is 0 Å². The second-order valence-corrected chi connectivity index (χ2v) is 4.13. The highest BCUT2D eigenvalue weighted by Gasteiger charge is 2.45. The quantitative estimate of drug-likeness (QED) is 0.713. The van der Waals surface area contributed by atoms with Gasteiger partial charge in [0.05, 0.1) is 12.5 Å². The average molecular weight is 214 g/mol. The van der Waals surface area contributed by atoms with Gasteiger partial charge in [0.1, 0.15) is 5.78 Å². The molecule has 1 rings (SSSR count). The van der Waals surface area contributed by atoms with E-state index >= 15 is 0 Å². The number of rotatable bonds is 3. The maximum atomic E-state index is 11.6. The molecule has 0 aromatic rings. The summed E-state index contributed by atoms with van der Waals surface area (Å²) in [5.41, 5.74) is -1.66. The van der Waals surface area contributed by atoms with Crippen molar-refractivity contribution in [2.24, 2.45) is 5.92 Å². The number of carbonyl (C=O) groups is 2. The molecule has 1 fully saturated rings. The minimum Gasteiger partial charge on any atom is -0.464 e. The molecule has 2 atom stereocenters. The van der Waals surface area contributed by atoms with Crippen LogP contribution in [0.2, 0.25) is 0 Å². The molecule has 1 N–H and O–H groups in total. The fourth-order valence-corrected chi connectivity index (χ4v) is 2.00. The van der Waals surface area contributed by atoms with Gasteiger partial charge in [0.15, 0.2) is 5.60 Å². The predicted octanol–water partition coefficient (Wildman–Crippen LogP) is 1.06. The van der Waals surface area contributed by atoms with Gasteiger partial charge in [0.2, 0.25) is 0 Å². The number of hydrogen-bond acceptors (Lipinski definition) is 4. The second-order valence-electron chi connectivity index (χ2n) is 4.13. The van der Waals surface area contributed by atoms with Gasteiger partial charge in [-0.1, -0.05) is 6.42 Å². The van der Waals surface area contributed by atoms with E-state index in [0.29, 0.717) is 12.8 Å². The maximum Gasteiger partial charge on any atom is 0.338 e. The van der Waals surface area contributed by atoms with Crippen LogP contribution in [0.3, 0.4) is 0 Å². The Morgan fingerprint density at radius 2 is 2.27 bits per heavy atom. The Balaban J connectivity index is 2.74. The lowest BCUT2D eigenvalue weighted by Crippen LogP contribution is -2.48. The van der Waals surface area contributed by atoms with E-state index in [1.54, 1.807) is 6.92 Å². The van der Waals surface area contributed by atoms with Crippen LogP contribution >= 0.6 is 0 Å². The molecule has 4 heteroatoms. The molecule has 0 heterocycles. The molecule has 15 heavy (non-hydrogen) atoms. The maximum absolute atomic E-state index is 11.6. The van der Waals surface area contributed by atoms with Crippen molar-refractivity contribution >= 4 is 11.8 Å². The van der Waals surface area contributed by atoms with Crippen LogP contribution in [0.5, 0.6) is 0 Å². The van der Waals surface area contributed by atoms with Gasteiger partial charge < -0.3 is 9.84 Å². The third kappa shape index (κ3) is 2.56. The summed E-state index contributed by atoms with van der Waals surface area (Å²) in [5, 5.41) is 10.0. The van der Waals surface area contributed by atoms with Gasteiger partial charge in [-0.05, 0) is 26.7 Å². The molecule has 0 amide bonds. The van der Waals surface area contributed by atoms with Gasteiger partial charge in [-0.2, -0.15) is 0 Å². The Morgan fingerprint density at radius 1 is 1.60 bits per heavy atom. The van der Waals surface area contributed by atoms with E-state index in [1.807, 2.05) is 0 Å². The van der Waals surface area contributed by atoms with Crippen molar-refractivity contribution in [3.05, 3.63) is 0 Å². The summed E-state index contributed by atoms with van der Waals surface area (Å²) in [4.78, 5) is 23.1. The normalized spacial score (nSPS) is 25.8. The van der Waals surface area contributed by atoms with Crippen LogP contribution in [0, 0.1) is 5.92 Å². The monoisotopic (exact) mass is 214 g/mol. The number of aliphatic hydroxyl groups is 1. The first-order chi connectivity index (χ1) is 7.00. The van der Waals surface area contributed by atoms with Crippen LogP contribution in [-0.2, 0) is 14.3 Å². The Labute approximate surface area is 89.6 Å². The minimum absolute atomic E-state index is 0.0284. The lowest BCUT2D eigenvalue weighted by molar-refractivity contribution is -0.172. The number of hydrogen-bond donors (Lipinski definition) is 1. The van der Waals surface area contributed by atoms with Gasteiger partial charge in [0.25, 0.3) is 0 Å². The van der Waals surface area contributed by atoms with Gasteiger partial charge in [-0.3, -0.25) is 4.79 Å². The molecule has 0 saturated heterocycles. The predicted molar refractivity (Wildman–Crippen MR) is 54.2 cm³/mol. The molecule has 0 aromatic carbocycles. The standard InChI is InChI=1S/C11H18O4/c1-3-15-10(13)11(2,14)8-6-4-5-7-9(8)12/h8,14H,3-7H2,1-2H3/t8-,11+/m0/s1. The van der Waals surface area contributed by atoms with Gasteiger partial charge in [-0.25, -0.2) is 4.79 Å². The minimum atomic E-state index is -1.66. The van der Waals surface area contributed by atoms with E-state index < -0.39 is 17.5 Å². The lowest BCUT2D eigenvalue weighted by Gasteiger charge is -2.32. The first-order valence-corrected chi connectivity index (χ1v) is 5.42. The second kappa shape index (κ2) is 4.75. The number of Topliss-reactive ketones (excluding diaryl/α,β-unsaturated/α-hetero) is 1. The summed E-state index contributed by atoms with van der Waals surface area (Å²) in [5.74, 6) is -1.31. The van der Waals surface area contributed by atoms with Crippen molar-refractivity contribution < 1.29 is 19.4 Å². The number of carbonyl (C=O) groups excluding carboxylic acids is 2. The Hall–Kier alpha value is -0.900. The zero-order valence-electron chi connectivity index (χ0n) is 9.28. The summed E-state index contributed by atoms with van der Waals surface area (Å²) in [6, 6.07) is 0. The molecule has 0 spiro atoms. The largest absolute Gasteiger partial charge is 0.464 e. The summed E-state index contributed by atoms with van der Waals surface area (Å²) < 4.78 is 4.77. The molecule has 0 radical (unpaired) electrons. The van der Waals surface area contributed by atoms with Crippen LogP contribution in [0.15, 0.2) is 0 Å². The Morgan fingerprint density at radius 3 is 2.80 bits per heavy atom. The molecule has 1 aliphatic rings. The van der Waals surface area contributed by atoms with Crippen molar-refractivity contribution in [1.29, 1.82) is 0 Å². The van der Waals surface area contributed by atoms with Crippen LogP contribution < -0.4 is 0 Å². The Bertz CT molecular complexity index is 257. The summed E-state index contributed by atoms with van der Waals surface area (Å²) >= 11 is 0. The SMILES string of the molecule is CCOC(=O)[C@](C)(O)[C@H]1CCCCC1=O. The topological polar surface area (TPSA) is 63.6 Å². The highest BCUT2D eigenvalue weighted by Crippen LogP contribution is 2.30. The fraction of sp³-hybridized carbons (Fsp3) is 0.818. The van der Waals surface area contributed by atoms with E-state index in [4.69, 9.17) is 4.74 Å². The fourth-order valence-electron chi connectivity index (χ4n) is 2.00. The van der Waals surface area contributed by atoms with Gasteiger partial charge >= 0.3 is 5.97 Å². The van der Waals surface area contributed by atoms with Crippen LogP contribution in [0.1, 0.15) is 39.5 Å². The zero-order chi connectivity index (χ0) is 11.5. The molecule has 4 nitrogen and oxygen atoms in total. The summed E-state index contributed by atoms with van der Waals surface area (Å²) in [6.45, 7) is 3.27. The lowest BCUT2D eigenvalue weighted by atomic mass is 9.77. The first kappa shape index (κ1) is 12.2. The molecule has 1 saturated carbocycles. The molecular weight excluding hydrogens is 196 g/mol. The van der Waals surface area contributed by atoms with Crippen molar-refractivity contribution in [2.45, 2.75) is 45.1 Å². The number of ketones is 1. The first-order valence-electron chi connectivity index (χ1n) is 5.42. The summed E-state index contributed by atoms with van der Waals surface area (Å²) in [6.07, 6.45) is 2.77. The number of ether oxygens (including phenoxy) is 1. The van der Waals surface area contributed by atoms with E-state index in [2.05, 4.69) is 0 Å². The molecular formula is C11H18O4. The third-order valence-electron chi connectivity index (χ3n) is 2.92.